The van der Waals surface area contributed by atoms with Gasteiger partial charge in [-0.25, -0.2) is 0 Å². The molecule has 0 fully saturated rings. The maximum Gasteiger partial charge on any atom is 0.364 e. The Morgan fingerprint density at radius 3 is 2.21 bits per heavy atom. The molecule has 0 heterocycles. The monoisotopic (exact) mass is 221 g/mol. The molecule has 86 valence electrons. The highest BCUT2D eigenvalue weighted by Crippen LogP contribution is 2.14. The fourth-order valence-corrected chi connectivity index (χ4v) is 3.47. The van der Waals surface area contributed by atoms with E-state index >= 15 is 0 Å². The molecule has 1 N–H and O–H groups in total. The molecule has 0 spiro atoms. The first-order valence-corrected chi connectivity index (χ1v) is 7.27. The Kier molecular flexibility index (Phi) is 8.41. The maximum atomic E-state index is 5.47. The van der Waals surface area contributed by atoms with Crippen molar-refractivity contribution in [2.24, 2.45) is 0 Å². The average Bonchev–Trinajstić information content (AvgIpc) is 2.23. The SMILES string of the molecule is CCNCCC[Si](COC)(OC)OC. The molecule has 4 nitrogen and oxygen atoms in total. The van der Waals surface area contributed by atoms with Crippen molar-refractivity contribution < 1.29 is 13.6 Å². The van der Waals surface area contributed by atoms with E-state index in [1.807, 2.05) is 0 Å². The van der Waals surface area contributed by atoms with Crippen LogP contribution < -0.4 is 5.32 Å². The molecule has 0 atom stereocenters. The second-order valence-electron chi connectivity index (χ2n) is 3.21. The Labute approximate surface area is 88.2 Å². The summed E-state index contributed by atoms with van der Waals surface area (Å²) in [5.41, 5.74) is 0. The van der Waals surface area contributed by atoms with Gasteiger partial charge in [0, 0.05) is 21.3 Å². The summed E-state index contributed by atoms with van der Waals surface area (Å²) in [7, 11) is 3.05. The largest absolute Gasteiger partial charge is 0.396 e. The molecule has 0 aliphatic carbocycles. The second-order valence-corrected chi connectivity index (χ2v) is 6.64. The molecule has 14 heavy (non-hydrogen) atoms. The fraction of sp³-hybridized carbons (Fsp3) is 1.00. The van der Waals surface area contributed by atoms with Crippen LogP contribution in [0.5, 0.6) is 0 Å². The van der Waals surface area contributed by atoms with E-state index in [1.165, 1.54) is 0 Å². The van der Waals surface area contributed by atoms with E-state index in [0.717, 1.165) is 25.6 Å². The molecule has 5 heteroatoms. The van der Waals surface area contributed by atoms with Crippen molar-refractivity contribution in [1.82, 2.24) is 5.32 Å². The van der Waals surface area contributed by atoms with Crippen molar-refractivity contribution in [2.75, 3.05) is 40.6 Å². The number of ether oxygens (including phenoxy) is 1. The van der Waals surface area contributed by atoms with Crippen LogP contribution >= 0.6 is 0 Å². The van der Waals surface area contributed by atoms with E-state index in [2.05, 4.69) is 12.2 Å². The Balaban J connectivity index is 3.82. The van der Waals surface area contributed by atoms with Gasteiger partial charge in [-0.05, 0) is 25.6 Å². The highest BCUT2D eigenvalue weighted by Gasteiger charge is 2.34. The maximum absolute atomic E-state index is 5.47. The lowest BCUT2D eigenvalue weighted by Crippen LogP contribution is -2.45. The zero-order chi connectivity index (χ0) is 10.9. The van der Waals surface area contributed by atoms with Crippen molar-refractivity contribution in [3.8, 4) is 0 Å². The Bertz CT molecular complexity index is 131. The molecular weight excluding hydrogens is 198 g/mol. The molecule has 0 unspecified atom stereocenters. The van der Waals surface area contributed by atoms with E-state index in [9.17, 15) is 0 Å². The van der Waals surface area contributed by atoms with E-state index in [1.54, 1.807) is 21.3 Å². The van der Waals surface area contributed by atoms with Gasteiger partial charge >= 0.3 is 8.56 Å². The van der Waals surface area contributed by atoms with Gasteiger partial charge in [0.25, 0.3) is 0 Å². The lowest BCUT2D eigenvalue weighted by Gasteiger charge is -2.26. The summed E-state index contributed by atoms with van der Waals surface area (Å²) in [6, 6.07) is 0.973. The Morgan fingerprint density at radius 1 is 1.14 bits per heavy atom. The van der Waals surface area contributed by atoms with Crippen molar-refractivity contribution >= 4 is 8.56 Å². The first-order chi connectivity index (χ1) is 6.74. The van der Waals surface area contributed by atoms with Crippen LogP contribution in [0.1, 0.15) is 13.3 Å². The van der Waals surface area contributed by atoms with Gasteiger partial charge in [-0.15, -0.1) is 0 Å². The van der Waals surface area contributed by atoms with Crippen molar-refractivity contribution in [3.05, 3.63) is 0 Å². The highest BCUT2D eigenvalue weighted by molar-refractivity contribution is 6.67. The van der Waals surface area contributed by atoms with Crippen LogP contribution in [0, 0.1) is 0 Å². The van der Waals surface area contributed by atoms with E-state index in [0.29, 0.717) is 6.23 Å². The first kappa shape index (κ1) is 14.1. The third-order valence-corrected chi connectivity index (χ3v) is 5.60. The zero-order valence-electron chi connectivity index (χ0n) is 9.76. The van der Waals surface area contributed by atoms with Gasteiger partial charge < -0.3 is 18.9 Å². The Hall–Kier alpha value is 0.0569. The molecule has 0 saturated heterocycles. The molecule has 0 saturated carbocycles. The molecule has 0 bridgehead atoms. The molecule has 0 radical (unpaired) electrons. The van der Waals surface area contributed by atoms with Gasteiger partial charge in [0.1, 0.15) is 0 Å². The van der Waals surface area contributed by atoms with Gasteiger partial charge in [-0.2, -0.15) is 0 Å². The minimum atomic E-state index is -2.06. The van der Waals surface area contributed by atoms with Crippen LogP contribution in [0.4, 0.5) is 0 Å². The summed E-state index contributed by atoms with van der Waals surface area (Å²) < 4.78 is 16.1. The summed E-state index contributed by atoms with van der Waals surface area (Å²) in [5.74, 6) is 0. The van der Waals surface area contributed by atoms with Crippen LogP contribution in [0.2, 0.25) is 6.04 Å². The second kappa shape index (κ2) is 8.37. The first-order valence-electron chi connectivity index (χ1n) is 5.04. The van der Waals surface area contributed by atoms with Crippen molar-refractivity contribution in [3.63, 3.8) is 0 Å². The average molecular weight is 221 g/mol. The smallest absolute Gasteiger partial charge is 0.364 e. The molecule has 0 rings (SSSR count). The van der Waals surface area contributed by atoms with Gasteiger partial charge in [-0.1, -0.05) is 6.92 Å². The summed E-state index contributed by atoms with van der Waals surface area (Å²) in [4.78, 5) is 0. The summed E-state index contributed by atoms with van der Waals surface area (Å²) in [6.07, 6.45) is 1.68. The van der Waals surface area contributed by atoms with Gasteiger partial charge in [0.15, 0.2) is 0 Å². The van der Waals surface area contributed by atoms with Crippen LogP contribution in [0.25, 0.3) is 0 Å². The molecule has 0 aliphatic heterocycles. The standard InChI is InChI=1S/C9H23NO3Si/c1-5-10-7-6-8-14(12-3,13-4)9-11-2/h10H,5-9H2,1-4H3. The van der Waals surface area contributed by atoms with Crippen LogP contribution in [0.15, 0.2) is 0 Å². The predicted octanol–water partition coefficient (Wildman–Crippen LogP) is 0.907. The fourth-order valence-electron chi connectivity index (χ4n) is 1.36. The number of methoxy groups -OCH3 is 1. The molecule has 0 aromatic carbocycles. The third kappa shape index (κ3) is 5.07. The summed E-state index contributed by atoms with van der Waals surface area (Å²) >= 11 is 0. The van der Waals surface area contributed by atoms with E-state index in [4.69, 9.17) is 13.6 Å². The normalized spacial score (nSPS) is 12.0. The van der Waals surface area contributed by atoms with E-state index in [-0.39, 0.29) is 0 Å². The number of hydrogen-bond acceptors (Lipinski definition) is 4. The molecular formula is C9H23NO3Si. The summed E-state index contributed by atoms with van der Waals surface area (Å²) in [5, 5.41) is 3.28. The zero-order valence-corrected chi connectivity index (χ0v) is 10.8. The van der Waals surface area contributed by atoms with Gasteiger partial charge in [0.05, 0.1) is 6.23 Å². The molecule has 0 aromatic heterocycles. The lowest BCUT2D eigenvalue weighted by atomic mass is 10.5. The minimum absolute atomic E-state index is 0.603. The van der Waals surface area contributed by atoms with Crippen LogP contribution in [0.3, 0.4) is 0 Å². The number of nitrogens with one attached hydrogen (secondary N) is 1. The quantitative estimate of drug-likeness (QED) is 0.464. The molecule has 0 aliphatic rings. The minimum Gasteiger partial charge on any atom is -0.396 e. The van der Waals surface area contributed by atoms with E-state index < -0.39 is 8.56 Å². The third-order valence-electron chi connectivity index (χ3n) is 2.27. The lowest BCUT2D eigenvalue weighted by molar-refractivity contribution is 0.162. The van der Waals surface area contributed by atoms with Gasteiger partial charge in [0.2, 0.25) is 0 Å². The summed E-state index contributed by atoms with van der Waals surface area (Å²) in [6.45, 7) is 4.13. The topological polar surface area (TPSA) is 39.7 Å². The molecule has 0 amide bonds. The van der Waals surface area contributed by atoms with Crippen LogP contribution in [-0.2, 0) is 13.6 Å². The predicted molar refractivity (Wildman–Crippen MR) is 59.6 cm³/mol. The van der Waals surface area contributed by atoms with Gasteiger partial charge in [-0.3, -0.25) is 0 Å². The molecule has 0 aromatic rings. The number of rotatable bonds is 9. The Morgan fingerprint density at radius 2 is 1.79 bits per heavy atom. The highest BCUT2D eigenvalue weighted by atomic mass is 28.4. The van der Waals surface area contributed by atoms with Crippen molar-refractivity contribution in [2.45, 2.75) is 19.4 Å². The van der Waals surface area contributed by atoms with Crippen molar-refractivity contribution in [1.29, 1.82) is 0 Å². The van der Waals surface area contributed by atoms with Crippen LogP contribution in [-0.4, -0.2) is 49.2 Å². The number of hydrogen-bond donors (Lipinski definition) is 1.